The summed E-state index contributed by atoms with van der Waals surface area (Å²) >= 11 is 0. The second-order valence-corrected chi connectivity index (χ2v) is 11.2. The quantitative estimate of drug-likeness (QED) is 0.539. The molecule has 2 heterocycles. The molecule has 0 spiro atoms. The van der Waals surface area contributed by atoms with Crippen molar-refractivity contribution in [3.05, 3.63) is 0 Å². The molecule has 4 N–H and O–H groups in total. The highest BCUT2D eigenvalue weighted by Gasteiger charge is 2.49. The maximum atomic E-state index is 12.9. The number of fused-ring (bicyclic) bond motifs is 1. The smallest absolute Gasteiger partial charge is 0.223 e. The van der Waals surface area contributed by atoms with Crippen molar-refractivity contribution < 1.29 is 9.59 Å². The fraction of sp³-hybridized carbons (Fsp3) is 0.920. The molecule has 6 unspecified atom stereocenters. The molecule has 2 amide bonds. The molecule has 31 heavy (non-hydrogen) atoms. The molecule has 6 nitrogen and oxygen atoms in total. The zero-order valence-electron chi connectivity index (χ0n) is 19.0. The first-order chi connectivity index (χ1) is 15.2. The minimum Gasteiger partial charge on any atom is -0.353 e. The van der Waals surface area contributed by atoms with E-state index in [-0.39, 0.29) is 17.7 Å². The molecule has 0 aromatic rings. The molecule has 6 atom stereocenters. The van der Waals surface area contributed by atoms with Gasteiger partial charge in [0, 0.05) is 30.5 Å². The molecule has 5 rings (SSSR count). The third-order valence-corrected chi connectivity index (χ3v) is 9.15. The number of amides is 2. The first kappa shape index (κ1) is 21.7. The third kappa shape index (κ3) is 5.27. The summed E-state index contributed by atoms with van der Waals surface area (Å²) in [5, 5.41) is 13.6. The molecule has 5 aliphatic rings. The summed E-state index contributed by atoms with van der Waals surface area (Å²) in [6.45, 7) is 4.31. The van der Waals surface area contributed by atoms with Gasteiger partial charge < -0.3 is 21.3 Å². The van der Waals surface area contributed by atoms with Crippen LogP contribution >= 0.6 is 0 Å². The molecular weight excluding hydrogens is 388 g/mol. The van der Waals surface area contributed by atoms with Crippen LogP contribution in [0.4, 0.5) is 0 Å². The van der Waals surface area contributed by atoms with E-state index in [0.717, 1.165) is 82.8 Å². The number of piperidine rings is 2. The molecule has 6 heteroatoms. The van der Waals surface area contributed by atoms with E-state index in [0.29, 0.717) is 29.8 Å². The Morgan fingerprint density at radius 2 is 1.42 bits per heavy atom. The van der Waals surface area contributed by atoms with Gasteiger partial charge in [0.1, 0.15) is 0 Å². The van der Waals surface area contributed by atoms with Gasteiger partial charge in [-0.3, -0.25) is 9.59 Å². The van der Waals surface area contributed by atoms with Crippen LogP contribution in [0.1, 0.15) is 70.6 Å². The Morgan fingerprint density at radius 3 is 2.23 bits per heavy atom. The molecule has 3 aliphatic carbocycles. The van der Waals surface area contributed by atoms with Gasteiger partial charge in [-0.15, -0.1) is 0 Å². The van der Waals surface area contributed by atoms with E-state index in [9.17, 15) is 9.59 Å². The van der Waals surface area contributed by atoms with Crippen LogP contribution < -0.4 is 21.3 Å². The maximum absolute atomic E-state index is 12.9. The predicted octanol–water partition coefficient (Wildman–Crippen LogP) is 2.19. The van der Waals surface area contributed by atoms with Crippen molar-refractivity contribution in [2.75, 3.05) is 26.2 Å². The molecule has 3 saturated carbocycles. The molecule has 174 valence electrons. The minimum atomic E-state index is 0.185. The highest BCUT2D eigenvalue weighted by Crippen LogP contribution is 2.50. The maximum Gasteiger partial charge on any atom is 0.223 e. The first-order valence-corrected chi connectivity index (χ1v) is 13.2. The van der Waals surface area contributed by atoms with Crippen molar-refractivity contribution in [2.24, 2.45) is 35.5 Å². The zero-order valence-corrected chi connectivity index (χ0v) is 19.0. The van der Waals surface area contributed by atoms with E-state index in [1.165, 1.54) is 25.8 Å². The van der Waals surface area contributed by atoms with E-state index in [2.05, 4.69) is 21.3 Å². The van der Waals surface area contributed by atoms with Crippen molar-refractivity contribution in [3.63, 3.8) is 0 Å². The lowest BCUT2D eigenvalue weighted by molar-refractivity contribution is -0.127. The number of carbonyl (C=O) groups is 2. The van der Waals surface area contributed by atoms with Gasteiger partial charge in [-0.05, 0) is 114 Å². The van der Waals surface area contributed by atoms with Gasteiger partial charge in [-0.25, -0.2) is 0 Å². The topological polar surface area (TPSA) is 82.3 Å². The highest BCUT2D eigenvalue weighted by molar-refractivity contribution is 5.82. The normalized spacial score (nSPS) is 42.8. The second-order valence-electron chi connectivity index (χ2n) is 11.2. The van der Waals surface area contributed by atoms with Gasteiger partial charge in [-0.2, -0.15) is 0 Å². The Labute approximate surface area is 187 Å². The fourth-order valence-electron chi connectivity index (χ4n) is 7.10. The average molecular weight is 431 g/mol. The summed E-state index contributed by atoms with van der Waals surface area (Å²) in [6, 6.07) is 0.720. The summed E-state index contributed by atoms with van der Waals surface area (Å²) in [5.74, 6) is 3.88. The lowest BCUT2D eigenvalue weighted by Gasteiger charge is -2.39. The molecule has 5 fully saturated rings. The lowest BCUT2D eigenvalue weighted by Crippen LogP contribution is -2.48. The Morgan fingerprint density at radius 1 is 0.645 bits per heavy atom. The van der Waals surface area contributed by atoms with Crippen LogP contribution in [0.3, 0.4) is 0 Å². The van der Waals surface area contributed by atoms with Crippen LogP contribution in [-0.2, 0) is 9.59 Å². The largest absolute Gasteiger partial charge is 0.353 e. The summed E-state index contributed by atoms with van der Waals surface area (Å²) in [6.07, 6.45) is 12.5. The molecular formula is C25H42N4O2. The van der Waals surface area contributed by atoms with Crippen LogP contribution in [0.15, 0.2) is 0 Å². The van der Waals surface area contributed by atoms with Gasteiger partial charge in [0.15, 0.2) is 0 Å². The second kappa shape index (κ2) is 9.78. The number of hydrogen-bond acceptors (Lipinski definition) is 4. The Bertz CT molecular complexity index is 641. The zero-order chi connectivity index (χ0) is 21.2. The molecule has 0 aromatic heterocycles. The summed E-state index contributed by atoms with van der Waals surface area (Å²) < 4.78 is 0. The van der Waals surface area contributed by atoms with E-state index >= 15 is 0 Å². The van der Waals surface area contributed by atoms with Crippen molar-refractivity contribution in [1.82, 2.24) is 21.3 Å². The standard InChI is InChI=1S/C25H42N4O2/c30-24(29-21-2-1-10-26-15-21)17-5-3-16(4-6-17)22-13-23(22)25(31)28-20-8-7-19-14-27-11-9-18(19)12-20/h16-23,26-27H,1-15H2,(H,28,31)(H,29,30). The van der Waals surface area contributed by atoms with Gasteiger partial charge in [-0.1, -0.05) is 0 Å². The number of rotatable bonds is 5. The van der Waals surface area contributed by atoms with Crippen LogP contribution in [0.25, 0.3) is 0 Å². The van der Waals surface area contributed by atoms with E-state index in [4.69, 9.17) is 0 Å². The minimum absolute atomic E-state index is 0.185. The summed E-state index contributed by atoms with van der Waals surface area (Å²) in [4.78, 5) is 25.5. The van der Waals surface area contributed by atoms with Crippen molar-refractivity contribution in [1.29, 1.82) is 0 Å². The average Bonchev–Trinajstić information content (AvgIpc) is 3.61. The first-order valence-electron chi connectivity index (χ1n) is 13.2. The number of carbonyl (C=O) groups excluding carboxylic acids is 2. The Kier molecular flexibility index (Phi) is 6.84. The predicted molar refractivity (Wildman–Crippen MR) is 121 cm³/mol. The SMILES string of the molecule is O=C(NC1CCCNC1)C1CCC(C2CC2C(=O)NC2CCC3CNCCC3C2)CC1. The van der Waals surface area contributed by atoms with Crippen LogP contribution in [-0.4, -0.2) is 50.1 Å². The monoisotopic (exact) mass is 430 g/mol. The number of nitrogens with one attached hydrogen (secondary N) is 4. The highest BCUT2D eigenvalue weighted by atomic mass is 16.2. The van der Waals surface area contributed by atoms with Gasteiger partial charge in [0.2, 0.25) is 11.8 Å². The third-order valence-electron chi connectivity index (χ3n) is 9.15. The van der Waals surface area contributed by atoms with Crippen molar-refractivity contribution in [2.45, 2.75) is 82.7 Å². The summed E-state index contributed by atoms with van der Waals surface area (Å²) in [7, 11) is 0. The molecule has 0 bridgehead atoms. The lowest BCUT2D eigenvalue weighted by atomic mass is 9.73. The summed E-state index contributed by atoms with van der Waals surface area (Å²) in [5.41, 5.74) is 0. The van der Waals surface area contributed by atoms with Crippen LogP contribution in [0.2, 0.25) is 0 Å². The van der Waals surface area contributed by atoms with Gasteiger partial charge >= 0.3 is 0 Å². The van der Waals surface area contributed by atoms with Crippen molar-refractivity contribution >= 4 is 11.8 Å². The van der Waals surface area contributed by atoms with Crippen molar-refractivity contribution in [3.8, 4) is 0 Å². The van der Waals surface area contributed by atoms with Gasteiger partial charge in [0.25, 0.3) is 0 Å². The molecule has 0 radical (unpaired) electrons. The Hall–Kier alpha value is -1.14. The van der Waals surface area contributed by atoms with E-state index in [1.807, 2.05) is 0 Å². The van der Waals surface area contributed by atoms with Gasteiger partial charge in [0.05, 0.1) is 0 Å². The Balaban J connectivity index is 1.02. The molecule has 0 aromatic carbocycles. The van der Waals surface area contributed by atoms with Crippen LogP contribution in [0.5, 0.6) is 0 Å². The molecule has 2 aliphatic heterocycles. The van der Waals surface area contributed by atoms with Crippen LogP contribution in [0, 0.1) is 35.5 Å². The fourth-order valence-corrected chi connectivity index (χ4v) is 7.10. The van der Waals surface area contributed by atoms with E-state index < -0.39 is 0 Å². The van der Waals surface area contributed by atoms with E-state index in [1.54, 1.807) is 0 Å². The number of hydrogen-bond donors (Lipinski definition) is 4. The molecule has 2 saturated heterocycles.